The Labute approximate surface area is 162 Å². The summed E-state index contributed by atoms with van der Waals surface area (Å²) in [4.78, 5) is 4.29. The summed E-state index contributed by atoms with van der Waals surface area (Å²) in [6.07, 6.45) is 1.30. The molecule has 0 bridgehead atoms. The lowest BCUT2D eigenvalue weighted by atomic mass is 10.0. The number of aliphatic imine (C=N–C) groups is 1. The highest BCUT2D eigenvalue weighted by Crippen LogP contribution is 2.17. The van der Waals surface area contributed by atoms with Crippen LogP contribution in [0.1, 0.15) is 45.6 Å². The zero-order valence-electron chi connectivity index (χ0n) is 15.0. The summed E-state index contributed by atoms with van der Waals surface area (Å²) >= 11 is 1.74. The van der Waals surface area contributed by atoms with E-state index < -0.39 is 0 Å². The Hall–Kier alpha value is -0.340. The molecule has 0 saturated heterocycles. The van der Waals surface area contributed by atoms with Gasteiger partial charge in [-0.05, 0) is 47.6 Å². The van der Waals surface area contributed by atoms with E-state index in [-0.39, 0.29) is 24.0 Å². The smallest absolute Gasteiger partial charge is 0.190 e. The average molecular weight is 453 g/mol. The van der Waals surface area contributed by atoms with Crippen LogP contribution in [-0.2, 0) is 4.74 Å². The summed E-state index contributed by atoms with van der Waals surface area (Å²) in [5.74, 6) is 1.88. The fraction of sp³-hybridized carbons (Fsp3) is 0.706. The molecule has 2 N–H and O–H groups in total. The number of nitrogens with zero attached hydrogens (tertiary/aromatic N) is 1. The minimum absolute atomic E-state index is 0. The maximum Gasteiger partial charge on any atom is 0.190 e. The van der Waals surface area contributed by atoms with Gasteiger partial charge in [0.05, 0.1) is 6.10 Å². The second-order valence-electron chi connectivity index (χ2n) is 5.86. The van der Waals surface area contributed by atoms with Gasteiger partial charge in [0.15, 0.2) is 5.96 Å². The average Bonchev–Trinajstić information content (AvgIpc) is 3.03. The molecule has 134 valence electrons. The van der Waals surface area contributed by atoms with Gasteiger partial charge in [0, 0.05) is 26.7 Å². The van der Waals surface area contributed by atoms with Crippen molar-refractivity contribution in [2.24, 2.45) is 10.9 Å². The first kappa shape index (κ1) is 22.7. The van der Waals surface area contributed by atoms with E-state index in [1.54, 1.807) is 11.3 Å². The number of nitrogens with one attached hydrogen (secondary N) is 2. The molecule has 0 aliphatic heterocycles. The fourth-order valence-corrected chi connectivity index (χ4v) is 3.08. The number of rotatable bonds is 9. The van der Waals surface area contributed by atoms with Crippen molar-refractivity contribution in [2.45, 2.75) is 46.1 Å². The lowest BCUT2D eigenvalue weighted by Crippen LogP contribution is -2.40. The Morgan fingerprint density at radius 1 is 1.30 bits per heavy atom. The molecule has 6 heteroatoms. The normalized spacial score (nSPS) is 14.3. The molecule has 0 spiro atoms. The summed E-state index contributed by atoms with van der Waals surface area (Å²) in [5.41, 5.74) is 1.38. The van der Waals surface area contributed by atoms with E-state index in [4.69, 9.17) is 4.74 Å². The summed E-state index contributed by atoms with van der Waals surface area (Å²) in [6.45, 7) is 11.2. The third-order valence-electron chi connectivity index (χ3n) is 3.76. The lowest BCUT2D eigenvalue weighted by Gasteiger charge is -2.22. The van der Waals surface area contributed by atoms with E-state index in [2.05, 4.69) is 60.1 Å². The molecule has 0 amide bonds. The first-order chi connectivity index (χ1) is 10.6. The van der Waals surface area contributed by atoms with Gasteiger partial charge in [-0.15, -0.1) is 24.0 Å². The van der Waals surface area contributed by atoms with E-state index in [1.165, 1.54) is 5.56 Å². The molecule has 4 nitrogen and oxygen atoms in total. The molecular formula is C17H32IN3OS. The molecule has 0 aliphatic carbocycles. The molecule has 23 heavy (non-hydrogen) atoms. The topological polar surface area (TPSA) is 45.6 Å². The molecule has 0 fully saturated rings. The van der Waals surface area contributed by atoms with Crippen LogP contribution in [0.2, 0.25) is 0 Å². The van der Waals surface area contributed by atoms with Crippen molar-refractivity contribution in [1.82, 2.24) is 10.6 Å². The van der Waals surface area contributed by atoms with Crippen molar-refractivity contribution in [3.63, 3.8) is 0 Å². The quantitative estimate of drug-likeness (QED) is 0.337. The van der Waals surface area contributed by atoms with Gasteiger partial charge in [-0.25, -0.2) is 0 Å². The summed E-state index contributed by atoms with van der Waals surface area (Å²) in [5, 5.41) is 11.1. The first-order valence-corrected chi connectivity index (χ1v) is 9.10. The predicted octanol–water partition coefficient (Wildman–Crippen LogP) is 4.09. The van der Waals surface area contributed by atoms with E-state index in [0.29, 0.717) is 17.9 Å². The van der Waals surface area contributed by atoms with Gasteiger partial charge in [-0.2, -0.15) is 11.3 Å². The highest BCUT2D eigenvalue weighted by Gasteiger charge is 2.13. The van der Waals surface area contributed by atoms with Crippen molar-refractivity contribution in [2.75, 3.05) is 26.7 Å². The summed E-state index contributed by atoms with van der Waals surface area (Å²) in [6, 6.07) is 2.18. The second-order valence-corrected chi connectivity index (χ2v) is 6.64. The maximum absolute atomic E-state index is 5.77. The molecule has 1 aromatic rings. The van der Waals surface area contributed by atoms with Crippen molar-refractivity contribution in [1.29, 1.82) is 0 Å². The van der Waals surface area contributed by atoms with Crippen LogP contribution in [0.5, 0.6) is 0 Å². The van der Waals surface area contributed by atoms with Gasteiger partial charge in [0.25, 0.3) is 0 Å². The van der Waals surface area contributed by atoms with Crippen LogP contribution in [0.15, 0.2) is 21.8 Å². The third kappa shape index (κ3) is 8.91. The van der Waals surface area contributed by atoms with Crippen LogP contribution in [0.3, 0.4) is 0 Å². The first-order valence-electron chi connectivity index (χ1n) is 8.16. The van der Waals surface area contributed by atoms with Crippen LogP contribution in [-0.4, -0.2) is 38.8 Å². The molecule has 2 unspecified atom stereocenters. The molecule has 0 aromatic carbocycles. The maximum atomic E-state index is 5.77. The van der Waals surface area contributed by atoms with E-state index in [0.717, 1.165) is 32.1 Å². The fourth-order valence-electron chi connectivity index (χ4n) is 2.30. The number of hydrogen-bond acceptors (Lipinski definition) is 3. The second kappa shape index (κ2) is 13.0. The zero-order chi connectivity index (χ0) is 16.4. The van der Waals surface area contributed by atoms with E-state index in [9.17, 15) is 0 Å². The lowest BCUT2D eigenvalue weighted by molar-refractivity contribution is 0.0258. The predicted molar refractivity (Wildman–Crippen MR) is 112 cm³/mol. The number of halogens is 1. The Morgan fingerprint density at radius 3 is 2.57 bits per heavy atom. The van der Waals surface area contributed by atoms with Crippen molar-refractivity contribution >= 4 is 41.3 Å². The monoisotopic (exact) mass is 453 g/mol. The van der Waals surface area contributed by atoms with E-state index in [1.807, 2.05) is 7.05 Å². The molecule has 2 atom stereocenters. The molecule has 1 aromatic heterocycles. The van der Waals surface area contributed by atoms with Crippen LogP contribution in [0, 0.1) is 5.92 Å². The standard InChI is InChI=1S/C17H31N3OS.HI/c1-6-21-16(13(2)3)7-9-19-17(18-5)20-11-14(4)15-8-10-22-12-15;/h8,10,12-14,16H,6-7,9,11H2,1-5H3,(H2,18,19,20);1H. The molecule has 0 saturated carbocycles. The highest BCUT2D eigenvalue weighted by molar-refractivity contribution is 14.0. The summed E-state index contributed by atoms with van der Waals surface area (Å²) in [7, 11) is 1.81. The van der Waals surface area contributed by atoms with Gasteiger partial charge in [0.2, 0.25) is 0 Å². The SMILES string of the molecule is CCOC(CCNC(=NC)NCC(C)c1ccsc1)C(C)C.I. The molecule has 0 radical (unpaired) electrons. The minimum atomic E-state index is 0. The van der Waals surface area contributed by atoms with Crippen molar-refractivity contribution in [3.05, 3.63) is 22.4 Å². The number of thiophene rings is 1. The third-order valence-corrected chi connectivity index (χ3v) is 4.46. The van der Waals surface area contributed by atoms with Crippen molar-refractivity contribution in [3.8, 4) is 0 Å². The summed E-state index contributed by atoms with van der Waals surface area (Å²) < 4.78 is 5.77. The molecular weight excluding hydrogens is 421 g/mol. The van der Waals surface area contributed by atoms with E-state index >= 15 is 0 Å². The van der Waals surface area contributed by atoms with Gasteiger partial charge in [-0.3, -0.25) is 4.99 Å². The van der Waals surface area contributed by atoms with Gasteiger partial charge in [0.1, 0.15) is 0 Å². The molecule has 1 rings (SSSR count). The van der Waals surface area contributed by atoms with Crippen molar-refractivity contribution < 1.29 is 4.74 Å². The molecule has 0 aliphatic rings. The molecule has 1 heterocycles. The number of ether oxygens (including phenoxy) is 1. The highest BCUT2D eigenvalue weighted by atomic mass is 127. The van der Waals surface area contributed by atoms with Crippen LogP contribution in [0.4, 0.5) is 0 Å². The largest absolute Gasteiger partial charge is 0.378 e. The number of hydrogen-bond donors (Lipinski definition) is 2. The Kier molecular flexibility index (Phi) is 12.8. The zero-order valence-corrected chi connectivity index (χ0v) is 18.1. The van der Waals surface area contributed by atoms with Gasteiger partial charge >= 0.3 is 0 Å². The number of guanidine groups is 1. The van der Waals surface area contributed by atoms with Gasteiger partial charge in [-0.1, -0.05) is 20.8 Å². The Bertz CT molecular complexity index is 423. The van der Waals surface area contributed by atoms with Crippen LogP contribution < -0.4 is 10.6 Å². The minimum Gasteiger partial charge on any atom is -0.378 e. The Balaban J connectivity index is 0.00000484. The van der Waals surface area contributed by atoms with Gasteiger partial charge < -0.3 is 15.4 Å². The Morgan fingerprint density at radius 2 is 2.04 bits per heavy atom. The van der Waals surface area contributed by atoms with Crippen LogP contribution >= 0.6 is 35.3 Å². The van der Waals surface area contributed by atoms with Crippen LogP contribution in [0.25, 0.3) is 0 Å².